The molecule has 0 aromatic carbocycles. The van der Waals surface area contributed by atoms with Crippen molar-refractivity contribution in [1.29, 1.82) is 0 Å². The lowest BCUT2D eigenvalue weighted by Gasteiger charge is -2.13. The topological polar surface area (TPSA) is 94.3 Å². The van der Waals surface area contributed by atoms with Crippen molar-refractivity contribution in [2.75, 3.05) is 26.7 Å². The molecule has 2 heterocycles. The zero-order valence-corrected chi connectivity index (χ0v) is 13.2. The smallest absolute Gasteiger partial charge is 0.270 e. The normalized spacial score (nSPS) is 17.1. The minimum absolute atomic E-state index is 0.0319. The molecular formula is C13H22N4O3S. The number of hydrogen-bond acceptors (Lipinski definition) is 4. The highest BCUT2D eigenvalue weighted by molar-refractivity contribution is 7.89. The van der Waals surface area contributed by atoms with E-state index in [4.69, 9.17) is 0 Å². The first-order chi connectivity index (χ1) is 9.94. The van der Waals surface area contributed by atoms with Crippen LogP contribution in [-0.2, 0) is 10.0 Å². The van der Waals surface area contributed by atoms with Gasteiger partial charge in [0, 0.05) is 31.9 Å². The van der Waals surface area contributed by atoms with Crippen LogP contribution in [0.1, 0.15) is 30.3 Å². The largest absolute Gasteiger partial charge is 0.356 e. The highest BCUT2D eigenvalue weighted by Gasteiger charge is 2.23. The van der Waals surface area contributed by atoms with Crippen LogP contribution in [0.15, 0.2) is 17.2 Å². The van der Waals surface area contributed by atoms with E-state index in [0.717, 1.165) is 25.9 Å². The molecule has 1 aromatic heterocycles. The van der Waals surface area contributed by atoms with E-state index in [2.05, 4.69) is 15.0 Å². The van der Waals surface area contributed by atoms with Crippen LogP contribution in [0.25, 0.3) is 0 Å². The number of carbonyl (C=O) groups is 1. The average molecular weight is 314 g/mol. The second kappa shape index (κ2) is 6.59. The lowest BCUT2D eigenvalue weighted by atomic mass is 10.4. The summed E-state index contributed by atoms with van der Waals surface area (Å²) in [4.78, 5) is 16.8. The molecular weight excluding hydrogens is 292 g/mol. The maximum atomic E-state index is 12.2. The third-order valence-corrected chi connectivity index (χ3v) is 5.07. The van der Waals surface area contributed by atoms with Gasteiger partial charge in [0.2, 0.25) is 10.0 Å². The molecule has 8 heteroatoms. The average Bonchev–Trinajstić information content (AvgIpc) is 3.14. The summed E-state index contributed by atoms with van der Waals surface area (Å²) in [7, 11) is -1.83. The van der Waals surface area contributed by atoms with E-state index in [-0.39, 0.29) is 16.8 Å². The predicted octanol–water partition coefficient (Wildman–Crippen LogP) is 0.137. The molecule has 0 saturated carbocycles. The van der Waals surface area contributed by atoms with Gasteiger partial charge in [-0.2, -0.15) is 0 Å². The van der Waals surface area contributed by atoms with E-state index in [1.54, 1.807) is 11.9 Å². The third-order valence-electron chi connectivity index (χ3n) is 3.66. The van der Waals surface area contributed by atoms with Gasteiger partial charge in [0.1, 0.15) is 10.6 Å². The zero-order valence-electron chi connectivity index (χ0n) is 12.3. The summed E-state index contributed by atoms with van der Waals surface area (Å²) in [5, 5.41) is 2.95. The third kappa shape index (κ3) is 3.84. The van der Waals surface area contributed by atoms with Crippen LogP contribution < -0.4 is 10.0 Å². The van der Waals surface area contributed by atoms with E-state index >= 15 is 0 Å². The first-order valence-corrected chi connectivity index (χ1v) is 8.57. The van der Waals surface area contributed by atoms with Crippen LogP contribution in [0, 0.1) is 0 Å². The van der Waals surface area contributed by atoms with Crippen LogP contribution in [-0.4, -0.2) is 56.9 Å². The van der Waals surface area contributed by atoms with Gasteiger partial charge in [0.15, 0.2) is 0 Å². The molecule has 7 nitrogen and oxygen atoms in total. The molecule has 2 rings (SSSR count). The van der Waals surface area contributed by atoms with E-state index < -0.39 is 10.0 Å². The van der Waals surface area contributed by atoms with E-state index in [1.807, 2.05) is 6.92 Å². The zero-order chi connectivity index (χ0) is 15.5. The van der Waals surface area contributed by atoms with Gasteiger partial charge in [-0.05, 0) is 32.9 Å². The van der Waals surface area contributed by atoms with Gasteiger partial charge in [0.05, 0.1) is 0 Å². The molecule has 1 saturated heterocycles. The summed E-state index contributed by atoms with van der Waals surface area (Å²) in [6, 6.07) is 1.43. The van der Waals surface area contributed by atoms with Crippen LogP contribution in [0.5, 0.6) is 0 Å². The number of carbonyl (C=O) groups excluding carboxylic acids is 1. The number of H-pyrrole nitrogens is 1. The number of likely N-dealkylation sites (tertiary alicyclic amines) is 1. The summed E-state index contributed by atoms with van der Waals surface area (Å²) in [5.41, 5.74) is 0.318. The maximum Gasteiger partial charge on any atom is 0.270 e. The monoisotopic (exact) mass is 314 g/mol. The molecule has 0 radical (unpaired) electrons. The van der Waals surface area contributed by atoms with Gasteiger partial charge in [-0.15, -0.1) is 0 Å². The van der Waals surface area contributed by atoms with Gasteiger partial charge >= 0.3 is 0 Å². The molecule has 1 aliphatic heterocycles. The van der Waals surface area contributed by atoms with E-state index in [9.17, 15) is 13.2 Å². The Morgan fingerprint density at radius 3 is 2.71 bits per heavy atom. The van der Waals surface area contributed by atoms with Crippen LogP contribution in [0.4, 0.5) is 0 Å². The van der Waals surface area contributed by atoms with Crippen molar-refractivity contribution < 1.29 is 13.2 Å². The molecule has 3 N–H and O–H groups in total. The second-order valence-electron chi connectivity index (χ2n) is 5.29. The second-order valence-corrected chi connectivity index (χ2v) is 7.06. The Labute approximate surface area is 125 Å². The van der Waals surface area contributed by atoms with Crippen molar-refractivity contribution in [2.45, 2.75) is 30.7 Å². The summed E-state index contributed by atoms with van der Waals surface area (Å²) in [6.45, 7) is 3.64. The summed E-state index contributed by atoms with van der Waals surface area (Å²) in [5.74, 6) is -0.141. The number of aromatic amines is 1. The minimum Gasteiger partial charge on any atom is -0.356 e. The van der Waals surface area contributed by atoms with Gasteiger partial charge in [-0.25, -0.2) is 13.1 Å². The summed E-state index contributed by atoms with van der Waals surface area (Å²) >= 11 is 0. The van der Waals surface area contributed by atoms with Gasteiger partial charge < -0.3 is 15.2 Å². The summed E-state index contributed by atoms with van der Waals surface area (Å²) < 4.78 is 26.8. The van der Waals surface area contributed by atoms with Crippen molar-refractivity contribution in [2.24, 2.45) is 0 Å². The summed E-state index contributed by atoms with van der Waals surface area (Å²) in [6.07, 6.45) is 3.36. The lowest BCUT2D eigenvalue weighted by Crippen LogP contribution is -2.37. The SMILES string of the molecule is CNC(C)CNS(=O)(=O)c1c[nH]c(C(=O)N2CCCC2)c1. The predicted molar refractivity (Wildman–Crippen MR) is 79.6 cm³/mol. The molecule has 118 valence electrons. The fourth-order valence-electron chi connectivity index (χ4n) is 2.16. The molecule has 0 bridgehead atoms. The maximum absolute atomic E-state index is 12.2. The van der Waals surface area contributed by atoms with Crippen molar-refractivity contribution in [3.63, 3.8) is 0 Å². The number of likely N-dealkylation sites (N-methyl/N-ethyl adjacent to an activating group) is 1. The molecule has 1 aliphatic rings. The quantitative estimate of drug-likeness (QED) is 0.696. The van der Waals surface area contributed by atoms with E-state index in [1.165, 1.54) is 12.3 Å². The first kappa shape index (κ1) is 16.0. The number of aromatic nitrogens is 1. The van der Waals surface area contributed by atoms with Crippen molar-refractivity contribution in [1.82, 2.24) is 19.9 Å². The Morgan fingerprint density at radius 2 is 2.10 bits per heavy atom. The molecule has 1 unspecified atom stereocenters. The number of sulfonamides is 1. The Bertz CT molecular complexity index is 590. The van der Waals surface area contributed by atoms with Crippen LogP contribution >= 0.6 is 0 Å². The first-order valence-electron chi connectivity index (χ1n) is 7.08. The Kier molecular flexibility index (Phi) is 5.02. The molecule has 1 amide bonds. The standard InChI is InChI=1S/C13H22N4O3S/c1-10(14-2)8-16-21(19,20)11-7-12(15-9-11)13(18)17-5-3-4-6-17/h7,9-10,14-16H,3-6,8H2,1-2H3. The molecule has 1 atom stereocenters. The van der Waals surface area contributed by atoms with Crippen molar-refractivity contribution in [3.8, 4) is 0 Å². The fourth-order valence-corrected chi connectivity index (χ4v) is 3.29. The molecule has 1 aromatic rings. The Balaban J connectivity index is 2.06. The molecule has 21 heavy (non-hydrogen) atoms. The number of rotatable bonds is 6. The lowest BCUT2D eigenvalue weighted by molar-refractivity contribution is 0.0787. The van der Waals surface area contributed by atoms with Crippen molar-refractivity contribution >= 4 is 15.9 Å². The van der Waals surface area contributed by atoms with Gasteiger partial charge in [0.25, 0.3) is 5.91 Å². The number of hydrogen-bond donors (Lipinski definition) is 3. The Hall–Kier alpha value is -1.38. The van der Waals surface area contributed by atoms with Crippen molar-refractivity contribution in [3.05, 3.63) is 18.0 Å². The highest BCUT2D eigenvalue weighted by atomic mass is 32.2. The van der Waals surface area contributed by atoms with E-state index in [0.29, 0.717) is 12.2 Å². The van der Waals surface area contributed by atoms with Crippen LogP contribution in [0.2, 0.25) is 0 Å². The molecule has 0 aliphatic carbocycles. The minimum atomic E-state index is -3.59. The van der Waals surface area contributed by atoms with Crippen LogP contribution in [0.3, 0.4) is 0 Å². The number of nitrogens with one attached hydrogen (secondary N) is 3. The van der Waals surface area contributed by atoms with Gasteiger partial charge in [-0.3, -0.25) is 4.79 Å². The Morgan fingerprint density at radius 1 is 1.43 bits per heavy atom. The number of amides is 1. The fraction of sp³-hybridized carbons (Fsp3) is 0.615. The molecule has 1 fully saturated rings. The molecule has 0 spiro atoms. The number of nitrogens with zero attached hydrogens (tertiary/aromatic N) is 1. The highest BCUT2D eigenvalue weighted by Crippen LogP contribution is 2.15. The van der Waals surface area contributed by atoms with Gasteiger partial charge in [-0.1, -0.05) is 0 Å².